The molecule has 1 aliphatic carbocycles. The number of hydrogen-bond acceptors (Lipinski definition) is 8. The van der Waals surface area contributed by atoms with Crippen LogP contribution in [0.2, 0.25) is 5.02 Å². The van der Waals surface area contributed by atoms with Gasteiger partial charge in [0.25, 0.3) is 0 Å². The molecule has 1 aliphatic heterocycles. The molecule has 3 heterocycles. The molecule has 0 bridgehead atoms. The van der Waals surface area contributed by atoms with E-state index in [9.17, 15) is 5.11 Å². The van der Waals surface area contributed by atoms with Gasteiger partial charge in [-0.3, -0.25) is 4.98 Å². The number of nitrogens with one attached hydrogen (secondary N) is 3. The standard InChI is InChI=1S/C27H40ClN5O3/c1-19(16-35-2)32-20-5-7-21(8-6-20)33-25-14-22(23(28)15-30-25)26-24(4-3-11-29-26)31-17-27(18-34)9-12-36-13-10-27/h3-4,11,14-15,19-21,31-32,34H,5-10,12-13,16-18H2,1-2H3,(H,30,33)/t19-,20?,21?/m1/s1. The summed E-state index contributed by atoms with van der Waals surface area (Å²) in [5.74, 6) is 0.812. The van der Waals surface area contributed by atoms with Gasteiger partial charge in [-0.25, -0.2) is 4.98 Å². The van der Waals surface area contributed by atoms with Crippen LogP contribution in [0.3, 0.4) is 0 Å². The van der Waals surface area contributed by atoms with E-state index in [-0.39, 0.29) is 12.0 Å². The van der Waals surface area contributed by atoms with Gasteiger partial charge in [0, 0.05) is 68.4 Å². The van der Waals surface area contributed by atoms with Crippen LogP contribution in [0.15, 0.2) is 30.6 Å². The van der Waals surface area contributed by atoms with Crippen LogP contribution in [-0.4, -0.2) is 73.3 Å². The first kappa shape index (κ1) is 27.1. The summed E-state index contributed by atoms with van der Waals surface area (Å²) < 4.78 is 10.8. The number of aliphatic hydroxyl groups excluding tert-OH is 1. The van der Waals surface area contributed by atoms with Gasteiger partial charge in [0.1, 0.15) is 5.82 Å². The van der Waals surface area contributed by atoms with E-state index in [0.29, 0.717) is 42.9 Å². The predicted molar refractivity (Wildman–Crippen MR) is 145 cm³/mol. The Bertz CT molecular complexity index is 964. The van der Waals surface area contributed by atoms with Crippen molar-refractivity contribution in [2.75, 3.05) is 50.7 Å². The Morgan fingerprint density at radius 2 is 1.94 bits per heavy atom. The van der Waals surface area contributed by atoms with Crippen LogP contribution in [0.4, 0.5) is 11.5 Å². The number of ether oxygens (including phenoxy) is 2. The Balaban J connectivity index is 1.41. The zero-order chi connectivity index (χ0) is 25.4. The second-order valence-electron chi connectivity index (χ2n) is 10.3. The smallest absolute Gasteiger partial charge is 0.126 e. The molecule has 0 amide bonds. The van der Waals surface area contributed by atoms with Gasteiger partial charge in [0.05, 0.1) is 29.6 Å². The van der Waals surface area contributed by atoms with E-state index in [1.54, 1.807) is 19.5 Å². The van der Waals surface area contributed by atoms with Crippen molar-refractivity contribution in [2.45, 2.75) is 63.6 Å². The van der Waals surface area contributed by atoms with Crippen LogP contribution in [0.1, 0.15) is 45.4 Å². The molecular weight excluding hydrogens is 478 g/mol. The van der Waals surface area contributed by atoms with Gasteiger partial charge in [0.15, 0.2) is 0 Å². The monoisotopic (exact) mass is 517 g/mol. The van der Waals surface area contributed by atoms with Crippen LogP contribution in [-0.2, 0) is 9.47 Å². The summed E-state index contributed by atoms with van der Waals surface area (Å²) >= 11 is 6.61. The molecule has 4 rings (SSSR count). The number of halogens is 1. The maximum Gasteiger partial charge on any atom is 0.126 e. The summed E-state index contributed by atoms with van der Waals surface area (Å²) in [5.41, 5.74) is 2.33. The van der Waals surface area contributed by atoms with Crippen molar-refractivity contribution in [2.24, 2.45) is 5.41 Å². The second kappa shape index (κ2) is 13.0. The van der Waals surface area contributed by atoms with Gasteiger partial charge >= 0.3 is 0 Å². The molecule has 0 aromatic carbocycles. The summed E-state index contributed by atoms with van der Waals surface area (Å²) in [6.45, 7) is 5.04. The molecule has 1 saturated carbocycles. The number of aromatic nitrogens is 2. The van der Waals surface area contributed by atoms with Crippen molar-refractivity contribution in [3.05, 3.63) is 35.6 Å². The molecule has 2 aromatic rings. The van der Waals surface area contributed by atoms with E-state index in [1.807, 2.05) is 18.2 Å². The highest BCUT2D eigenvalue weighted by molar-refractivity contribution is 6.33. The summed E-state index contributed by atoms with van der Waals surface area (Å²) in [4.78, 5) is 9.21. The fourth-order valence-electron chi connectivity index (χ4n) is 5.25. The van der Waals surface area contributed by atoms with Gasteiger partial charge in [-0.05, 0) is 63.6 Å². The fraction of sp³-hybridized carbons (Fsp3) is 0.630. The Kier molecular flexibility index (Phi) is 9.79. The number of pyridine rings is 2. The second-order valence-corrected chi connectivity index (χ2v) is 10.7. The van der Waals surface area contributed by atoms with Crippen LogP contribution < -0.4 is 16.0 Å². The number of nitrogens with zero attached hydrogens (tertiary/aromatic N) is 2. The summed E-state index contributed by atoms with van der Waals surface area (Å²) in [6, 6.07) is 7.19. The molecule has 198 valence electrons. The van der Waals surface area contributed by atoms with Crippen LogP contribution in [0, 0.1) is 5.41 Å². The molecule has 2 aromatic heterocycles. The van der Waals surface area contributed by atoms with Gasteiger partial charge < -0.3 is 30.5 Å². The number of methoxy groups -OCH3 is 1. The fourth-order valence-corrected chi connectivity index (χ4v) is 5.45. The summed E-state index contributed by atoms with van der Waals surface area (Å²) in [6.07, 6.45) is 9.56. The van der Waals surface area contributed by atoms with Crippen molar-refractivity contribution in [1.82, 2.24) is 15.3 Å². The number of aliphatic hydroxyl groups is 1. The molecule has 9 heteroatoms. The molecule has 4 N–H and O–H groups in total. The Labute approximate surface area is 219 Å². The van der Waals surface area contributed by atoms with Crippen LogP contribution in [0.5, 0.6) is 0 Å². The number of hydrogen-bond donors (Lipinski definition) is 4. The van der Waals surface area contributed by atoms with Gasteiger partial charge in [-0.15, -0.1) is 0 Å². The van der Waals surface area contributed by atoms with Crippen molar-refractivity contribution in [3.63, 3.8) is 0 Å². The SMILES string of the molecule is COC[C@@H](C)NC1CCC(Nc2cc(-c3ncccc3NCC3(CO)CCOCC3)c(Cl)cn2)CC1. The molecule has 0 spiro atoms. The van der Waals surface area contributed by atoms with Crippen LogP contribution in [0.25, 0.3) is 11.3 Å². The first-order valence-corrected chi connectivity index (χ1v) is 13.4. The molecule has 0 radical (unpaired) electrons. The van der Waals surface area contributed by atoms with Gasteiger partial charge in [-0.1, -0.05) is 11.6 Å². The molecule has 2 aliphatic rings. The minimum atomic E-state index is -0.185. The van der Waals surface area contributed by atoms with Crippen molar-refractivity contribution in [1.29, 1.82) is 0 Å². The van der Waals surface area contributed by atoms with Crippen LogP contribution >= 0.6 is 11.6 Å². The first-order valence-electron chi connectivity index (χ1n) is 13.1. The molecule has 36 heavy (non-hydrogen) atoms. The minimum absolute atomic E-state index is 0.131. The highest BCUT2D eigenvalue weighted by Crippen LogP contribution is 2.35. The van der Waals surface area contributed by atoms with Crippen molar-refractivity contribution in [3.8, 4) is 11.3 Å². The van der Waals surface area contributed by atoms with E-state index in [1.165, 1.54) is 0 Å². The lowest BCUT2D eigenvalue weighted by Gasteiger charge is -2.36. The Morgan fingerprint density at radius 1 is 1.19 bits per heavy atom. The topological polar surface area (TPSA) is 101 Å². The third-order valence-corrected chi connectivity index (χ3v) is 7.78. The summed E-state index contributed by atoms with van der Waals surface area (Å²) in [5, 5.41) is 21.5. The Hall–Kier alpha value is -1.97. The molecule has 8 nitrogen and oxygen atoms in total. The number of anilines is 2. The maximum atomic E-state index is 10.1. The third kappa shape index (κ3) is 7.07. The molecular formula is C27H40ClN5O3. The average Bonchev–Trinajstić information content (AvgIpc) is 2.90. The normalized spacial score (nSPS) is 22.7. The molecule has 1 saturated heterocycles. The maximum absolute atomic E-state index is 10.1. The largest absolute Gasteiger partial charge is 0.396 e. The van der Waals surface area contributed by atoms with Gasteiger partial charge in [-0.2, -0.15) is 0 Å². The highest BCUT2D eigenvalue weighted by Gasteiger charge is 2.32. The lowest BCUT2D eigenvalue weighted by atomic mass is 9.81. The lowest BCUT2D eigenvalue weighted by Crippen LogP contribution is -2.42. The van der Waals surface area contributed by atoms with Crippen molar-refractivity contribution < 1.29 is 14.6 Å². The Morgan fingerprint density at radius 3 is 2.67 bits per heavy atom. The van der Waals surface area contributed by atoms with E-state index in [2.05, 4.69) is 32.8 Å². The molecule has 1 atom stereocenters. The molecule has 2 fully saturated rings. The quantitative estimate of drug-likeness (QED) is 0.349. The van der Waals surface area contributed by atoms with E-state index >= 15 is 0 Å². The highest BCUT2D eigenvalue weighted by atomic mass is 35.5. The lowest BCUT2D eigenvalue weighted by molar-refractivity contribution is -0.00857. The predicted octanol–water partition coefficient (Wildman–Crippen LogP) is 4.35. The van der Waals surface area contributed by atoms with E-state index in [4.69, 9.17) is 21.1 Å². The van der Waals surface area contributed by atoms with Gasteiger partial charge in [0.2, 0.25) is 0 Å². The van der Waals surface area contributed by atoms with Crippen molar-refractivity contribution >= 4 is 23.1 Å². The molecule has 0 unspecified atom stereocenters. The van der Waals surface area contributed by atoms with E-state index in [0.717, 1.165) is 67.9 Å². The number of rotatable bonds is 11. The first-order chi connectivity index (χ1) is 17.5. The van der Waals surface area contributed by atoms with E-state index < -0.39 is 0 Å². The third-order valence-electron chi connectivity index (χ3n) is 7.48. The zero-order valence-corrected chi connectivity index (χ0v) is 22.2. The summed E-state index contributed by atoms with van der Waals surface area (Å²) in [7, 11) is 1.74. The average molecular weight is 518 g/mol. The zero-order valence-electron chi connectivity index (χ0n) is 21.4. The minimum Gasteiger partial charge on any atom is -0.396 e.